The number of carbonyl (C=O) groups is 1. The molecule has 31 heavy (non-hydrogen) atoms. The average Bonchev–Trinajstić information content (AvgIpc) is 2.79. The zero-order valence-electron chi connectivity index (χ0n) is 19.0. The van der Waals surface area contributed by atoms with E-state index in [-0.39, 0.29) is 0 Å². The predicted octanol–water partition coefficient (Wildman–Crippen LogP) is 4.09. The van der Waals surface area contributed by atoms with E-state index >= 15 is 0 Å². The lowest BCUT2D eigenvalue weighted by Crippen LogP contribution is -2.47. The second-order valence-electron chi connectivity index (χ2n) is 9.37. The van der Waals surface area contributed by atoms with Gasteiger partial charge in [-0.05, 0) is 81.4 Å². The molecule has 4 rings (SSSR count). The second-order valence-corrected chi connectivity index (χ2v) is 9.37. The van der Waals surface area contributed by atoms with Crippen LogP contribution in [-0.4, -0.2) is 67.9 Å². The molecule has 2 aromatic carbocycles. The van der Waals surface area contributed by atoms with E-state index in [2.05, 4.69) is 69.3 Å². The minimum Gasteiger partial charge on any atom is -0.369 e. The zero-order chi connectivity index (χ0) is 21.5. The molecule has 0 aliphatic carbocycles. The van der Waals surface area contributed by atoms with Gasteiger partial charge in [0, 0.05) is 31.9 Å². The van der Waals surface area contributed by atoms with Gasteiger partial charge < -0.3 is 4.90 Å². The molecule has 4 nitrogen and oxygen atoms in total. The van der Waals surface area contributed by atoms with E-state index in [1.807, 2.05) is 0 Å². The number of rotatable bonds is 8. The lowest BCUT2D eigenvalue weighted by atomic mass is 9.93. The van der Waals surface area contributed by atoms with E-state index < -0.39 is 0 Å². The third-order valence-corrected chi connectivity index (χ3v) is 6.91. The van der Waals surface area contributed by atoms with Crippen molar-refractivity contribution < 1.29 is 4.79 Å². The lowest BCUT2D eigenvalue weighted by molar-refractivity contribution is -0.118. The molecule has 0 aromatic heterocycles. The first-order chi connectivity index (χ1) is 15.2. The third kappa shape index (κ3) is 6.65. The minimum atomic E-state index is 0.293. The Morgan fingerprint density at radius 2 is 1.55 bits per heavy atom. The first-order valence-electron chi connectivity index (χ1n) is 12.0. The molecular formula is C27H37N3O. The minimum absolute atomic E-state index is 0.293. The van der Waals surface area contributed by atoms with Crippen molar-refractivity contribution in [2.45, 2.75) is 32.6 Å². The van der Waals surface area contributed by atoms with Gasteiger partial charge in [-0.25, -0.2) is 0 Å². The molecule has 0 radical (unpaired) electrons. The van der Waals surface area contributed by atoms with Crippen molar-refractivity contribution in [1.82, 2.24) is 9.80 Å². The fraction of sp³-hybridized carbons (Fsp3) is 0.519. The van der Waals surface area contributed by atoms with E-state index in [1.165, 1.54) is 42.6 Å². The molecule has 0 saturated carbocycles. The molecule has 0 amide bonds. The Morgan fingerprint density at radius 3 is 2.26 bits per heavy atom. The van der Waals surface area contributed by atoms with Crippen molar-refractivity contribution in [3.63, 3.8) is 0 Å². The van der Waals surface area contributed by atoms with Crippen LogP contribution in [0.5, 0.6) is 0 Å². The summed E-state index contributed by atoms with van der Waals surface area (Å²) >= 11 is 0. The van der Waals surface area contributed by atoms with Crippen LogP contribution in [0.2, 0.25) is 0 Å². The number of benzene rings is 2. The molecule has 166 valence electrons. The van der Waals surface area contributed by atoms with Gasteiger partial charge in [0.15, 0.2) is 0 Å². The van der Waals surface area contributed by atoms with Gasteiger partial charge in [-0.2, -0.15) is 0 Å². The van der Waals surface area contributed by atoms with Crippen LogP contribution in [0.3, 0.4) is 0 Å². The van der Waals surface area contributed by atoms with E-state index in [1.54, 1.807) is 6.92 Å². The van der Waals surface area contributed by atoms with Crippen molar-refractivity contribution >= 4 is 11.5 Å². The number of nitrogens with zero attached hydrogens (tertiary/aromatic N) is 3. The van der Waals surface area contributed by atoms with E-state index in [0.717, 1.165) is 51.6 Å². The highest BCUT2D eigenvalue weighted by Crippen LogP contribution is 2.23. The highest BCUT2D eigenvalue weighted by Gasteiger charge is 2.22. The average molecular weight is 420 g/mol. The van der Waals surface area contributed by atoms with Gasteiger partial charge in [-0.15, -0.1) is 0 Å². The van der Waals surface area contributed by atoms with E-state index in [9.17, 15) is 4.79 Å². The summed E-state index contributed by atoms with van der Waals surface area (Å²) in [4.78, 5) is 18.8. The smallest absolute Gasteiger partial charge is 0.143 e. The number of hydrogen-bond acceptors (Lipinski definition) is 4. The second kappa shape index (κ2) is 10.9. The van der Waals surface area contributed by atoms with Crippen LogP contribution in [0.1, 0.15) is 37.3 Å². The molecule has 2 fully saturated rings. The Kier molecular flexibility index (Phi) is 7.76. The standard InChI is InChI=1S/C27H37N3O/c1-23(31)22-29-14-11-24(12-15-29)10-13-28-16-18-30(19-17-28)27-9-5-8-26(21-27)20-25-6-3-2-4-7-25/h2-9,21,24H,10-20,22H2,1H3. The third-order valence-electron chi connectivity index (χ3n) is 6.91. The Labute approximate surface area is 187 Å². The Bertz CT molecular complexity index is 821. The quantitative estimate of drug-likeness (QED) is 0.644. The summed E-state index contributed by atoms with van der Waals surface area (Å²) in [5.74, 6) is 1.12. The van der Waals surface area contributed by atoms with Crippen molar-refractivity contribution in [3.8, 4) is 0 Å². The largest absolute Gasteiger partial charge is 0.369 e. The summed E-state index contributed by atoms with van der Waals surface area (Å²) in [7, 11) is 0. The maximum absolute atomic E-state index is 11.3. The van der Waals surface area contributed by atoms with E-state index in [4.69, 9.17) is 0 Å². The Balaban J connectivity index is 1.20. The van der Waals surface area contributed by atoms with Crippen LogP contribution >= 0.6 is 0 Å². The highest BCUT2D eigenvalue weighted by molar-refractivity contribution is 5.77. The van der Waals surface area contributed by atoms with Crippen molar-refractivity contribution in [3.05, 3.63) is 65.7 Å². The predicted molar refractivity (Wildman–Crippen MR) is 129 cm³/mol. The maximum atomic E-state index is 11.3. The maximum Gasteiger partial charge on any atom is 0.143 e. The fourth-order valence-electron chi connectivity index (χ4n) is 5.04. The molecule has 2 saturated heterocycles. The van der Waals surface area contributed by atoms with Gasteiger partial charge in [-0.3, -0.25) is 14.6 Å². The highest BCUT2D eigenvalue weighted by atomic mass is 16.1. The van der Waals surface area contributed by atoms with Gasteiger partial charge >= 0.3 is 0 Å². The molecule has 2 aromatic rings. The SMILES string of the molecule is CC(=O)CN1CCC(CCN2CCN(c3cccc(Cc4ccccc4)c3)CC2)CC1. The number of hydrogen-bond donors (Lipinski definition) is 0. The van der Waals surface area contributed by atoms with E-state index in [0.29, 0.717) is 12.3 Å². The first kappa shape index (κ1) is 22.0. The molecular weight excluding hydrogens is 382 g/mol. The number of likely N-dealkylation sites (tertiary alicyclic amines) is 1. The van der Waals surface area contributed by atoms with Gasteiger partial charge in [0.25, 0.3) is 0 Å². The number of anilines is 1. The zero-order valence-corrected chi connectivity index (χ0v) is 19.0. The number of piperidine rings is 1. The molecule has 0 unspecified atom stereocenters. The van der Waals surface area contributed by atoms with Crippen molar-refractivity contribution in [1.29, 1.82) is 0 Å². The molecule has 0 atom stereocenters. The van der Waals surface area contributed by atoms with Crippen molar-refractivity contribution in [2.75, 3.05) is 57.3 Å². The molecule has 0 N–H and O–H groups in total. The van der Waals surface area contributed by atoms with Crippen LogP contribution in [0.25, 0.3) is 0 Å². The van der Waals surface area contributed by atoms with Crippen LogP contribution < -0.4 is 4.90 Å². The molecule has 0 bridgehead atoms. The van der Waals surface area contributed by atoms with Crippen LogP contribution in [0.4, 0.5) is 5.69 Å². The van der Waals surface area contributed by atoms with Gasteiger partial charge in [0.1, 0.15) is 5.78 Å². The van der Waals surface area contributed by atoms with Crippen LogP contribution in [-0.2, 0) is 11.2 Å². The lowest BCUT2D eigenvalue weighted by Gasteiger charge is -2.37. The molecule has 2 aliphatic heterocycles. The topological polar surface area (TPSA) is 26.8 Å². The van der Waals surface area contributed by atoms with Gasteiger partial charge in [-0.1, -0.05) is 42.5 Å². The Morgan fingerprint density at radius 1 is 0.839 bits per heavy atom. The van der Waals surface area contributed by atoms with Crippen molar-refractivity contribution in [2.24, 2.45) is 5.92 Å². The number of ketones is 1. The molecule has 0 spiro atoms. The number of Topliss-reactive ketones (excluding diaryl/α,β-unsaturated/α-hetero) is 1. The molecule has 2 aliphatic rings. The summed E-state index contributed by atoms with van der Waals surface area (Å²) in [6.07, 6.45) is 4.81. The number of piperazine rings is 1. The van der Waals surface area contributed by atoms with Gasteiger partial charge in [0.05, 0.1) is 6.54 Å². The summed E-state index contributed by atoms with van der Waals surface area (Å²) < 4.78 is 0. The fourth-order valence-corrected chi connectivity index (χ4v) is 5.04. The van der Waals surface area contributed by atoms with Crippen LogP contribution in [0.15, 0.2) is 54.6 Å². The summed E-state index contributed by atoms with van der Waals surface area (Å²) in [6.45, 7) is 10.3. The summed E-state index contributed by atoms with van der Waals surface area (Å²) in [5.41, 5.74) is 4.13. The van der Waals surface area contributed by atoms with Crippen LogP contribution in [0, 0.1) is 5.92 Å². The normalized spacial score (nSPS) is 18.9. The molecule has 2 heterocycles. The summed E-state index contributed by atoms with van der Waals surface area (Å²) in [5, 5.41) is 0. The monoisotopic (exact) mass is 419 g/mol. The molecule has 4 heteroatoms. The first-order valence-corrected chi connectivity index (χ1v) is 12.0. The summed E-state index contributed by atoms with van der Waals surface area (Å²) in [6, 6.07) is 19.8. The Hall–Kier alpha value is -2.17. The number of carbonyl (C=O) groups excluding carboxylic acids is 1. The van der Waals surface area contributed by atoms with Gasteiger partial charge in [0.2, 0.25) is 0 Å².